The molecule has 2 aromatic rings. The maximum Gasteiger partial charge on any atom is 0.321 e. The summed E-state index contributed by atoms with van der Waals surface area (Å²) in [6.07, 6.45) is 0. The average Bonchev–Trinajstić information content (AvgIpc) is 2.64. The van der Waals surface area contributed by atoms with Crippen LogP contribution in [-0.4, -0.2) is 47.8 Å². The zero-order chi connectivity index (χ0) is 18.5. The molecular formula is C21H25N3O2. The van der Waals surface area contributed by atoms with E-state index in [1.54, 1.807) is 24.3 Å². The van der Waals surface area contributed by atoms with E-state index in [-0.39, 0.29) is 11.8 Å². The first-order valence-electron chi connectivity index (χ1n) is 8.97. The van der Waals surface area contributed by atoms with Crippen LogP contribution in [0.3, 0.4) is 0 Å². The van der Waals surface area contributed by atoms with Gasteiger partial charge in [-0.3, -0.25) is 9.69 Å². The SMILES string of the molecule is CC(=O)c1cccc(NC(=O)N2CCN(Cc3ccccc3C)CC2)c1. The van der Waals surface area contributed by atoms with Crippen LogP contribution >= 0.6 is 0 Å². The highest BCUT2D eigenvalue weighted by molar-refractivity contribution is 5.96. The van der Waals surface area contributed by atoms with Gasteiger partial charge in [0.1, 0.15) is 0 Å². The van der Waals surface area contributed by atoms with Gasteiger partial charge in [-0.1, -0.05) is 36.4 Å². The number of amides is 2. The van der Waals surface area contributed by atoms with Crippen molar-refractivity contribution in [2.24, 2.45) is 0 Å². The Hall–Kier alpha value is -2.66. The fourth-order valence-electron chi connectivity index (χ4n) is 3.16. The van der Waals surface area contributed by atoms with E-state index in [4.69, 9.17) is 0 Å². The van der Waals surface area contributed by atoms with Crippen molar-refractivity contribution in [3.8, 4) is 0 Å². The molecule has 1 heterocycles. The van der Waals surface area contributed by atoms with Gasteiger partial charge in [0.05, 0.1) is 0 Å². The maximum atomic E-state index is 12.5. The van der Waals surface area contributed by atoms with Crippen LogP contribution in [0.2, 0.25) is 0 Å². The lowest BCUT2D eigenvalue weighted by atomic mass is 10.1. The van der Waals surface area contributed by atoms with Gasteiger partial charge in [-0.2, -0.15) is 0 Å². The molecule has 136 valence electrons. The van der Waals surface area contributed by atoms with Gasteiger partial charge in [-0.15, -0.1) is 0 Å². The zero-order valence-corrected chi connectivity index (χ0v) is 15.4. The van der Waals surface area contributed by atoms with Crippen molar-refractivity contribution >= 4 is 17.5 Å². The Morgan fingerprint density at radius 2 is 1.73 bits per heavy atom. The third-order valence-corrected chi connectivity index (χ3v) is 4.84. The number of anilines is 1. The number of nitrogens with one attached hydrogen (secondary N) is 1. The predicted octanol–water partition coefficient (Wildman–Crippen LogP) is 3.55. The summed E-state index contributed by atoms with van der Waals surface area (Å²) in [6, 6.07) is 15.4. The van der Waals surface area contributed by atoms with Crippen LogP contribution in [0.4, 0.5) is 10.5 Å². The quantitative estimate of drug-likeness (QED) is 0.857. The summed E-state index contributed by atoms with van der Waals surface area (Å²) in [4.78, 5) is 28.2. The average molecular weight is 351 g/mol. The monoisotopic (exact) mass is 351 g/mol. The van der Waals surface area contributed by atoms with Crippen molar-refractivity contribution < 1.29 is 9.59 Å². The molecule has 1 aliphatic rings. The molecule has 0 radical (unpaired) electrons. The van der Waals surface area contributed by atoms with Crippen molar-refractivity contribution in [1.29, 1.82) is 0 Å². The second kappa shape index (κ2) is 8.15. The van der Waals surface area contributed by atoms with Gasteiger partial charge in [-0.05, 0) is 37.1 Å². The number of hydrogen-bond acceptors (Lipinski definition) is 3. The zero-order valence-electron chi connectivity index (χ0n) is 15.4. The van der Waals surface area contributed by atoms with Crippen molar-refractivity contribution in [1.82, 2.24) is 9.80 Å². The number of ketones is 1. The fraction of sp³-hybridized carbons (Fsp3) is 0.333. The molecule has 26 heavy (non-hydrogen) atoms. The van der Waals surface area contributed by atoms with Crippen molar-refractivity contribution in [3.05, 3.63) is 65.2 Å². The number of hydrogen-bond donors (Lipinski definition) is 1. The molecule has 1 aliphatic heterocycles. The molecule has 0 unspecified atom stereocenters. The Morgan fingerprint density at radius 3 is 2.42 bits per heavy atom. The lowest BCUT2D eigenvalue weighted by Crippen LogP contribution is -2.49. The van der Waals surface area contributed by atoms with Crippen molar-refractivity contribution in [2.45, 2.75) is 20.4 Å². The Morgan fingerprint density at radius 1 is 1.00 bits per heavy atom. The van der Waals surface area contributed by atoms with Gasteiger partial charge >= 0.3 is 6.03 Å². The number of urea groups is 1. The molecule has 2 amide bonds. The Balaban J connectivity index is 1.53. The van der Waals surface area contributed by atoms with Crippen LogP contribution in [0.1, 0.15) is 28.4 Å². The summed E-state index contributed by atoms with van der Waals surface area (Å²) in [5.74, 6) is -0.00841. The first kappa shape index (κ1) is 18.1. The molecule has 0 aliphatic carbocycles. The topological polar surface area (TPSA) is 52.7 Å². The summed E-state index contributed by atoms with van der Waals surface area (Å²) in [5, 5.41) is 2.90. The van der Waals surface area contributed by atoms with Gasteiger partial charge in [-0.25, -0.2) is 4.79 Å². The number of carbonyl (C=O) groups is 2. The second-order valence-electron chi connectivity index (χ2n) is 6.76. The largest absolute Gasteiger partial charge is 0.322 e. The minimum absolute atomic E-state index is 0.00841. The lowest BCUT2D eigenvalue weighted by molar-refractivity contribution is 0.101. The number of rotatable bonds is 4. The molecule has 3 rings (SSSR count). The van der Waals surface area contributed by atoms with E-state index in [9.17, 15) is 9.59 Å². The minimum atomic E-state index is -0.110. The van der Waals surface area contributed by atoms with Crippen molar-refractivity contribution in [2.75, 3.05) is 31.5 Å². The molecule has 0 saturated carbocycles. The van der Waals surface area contributed by atoms with Crippen LogP contribution in [0, 0.1) is 6.92 Å². The first-order chi connectivity index (χ1) is 12.5. The van der Waals surface area contributed by atoms with Crippen LogP contribution < -0.4 is 5.32 Å². The number of carbonyl (C=O) groups excluding carboxylic acids is 2. The van der Waals surface area contributed by atoms with E-state index < -0.39 is 0 Å². The molecule has 1 saturated heterocycles. The van der Waals surface area contributed by atoms with Crippen LogP contribution in [0.15, 0.2) is 48.5 Å². The highest BCUT2D eigenvalue weighted by Crippen LogP contribution is 2.15. The predicted molar refractivity (Wildman–Crippen MR) is 103 cm³/mol. The Labute approximate surface area is 154 Å². The van der Waals surface area contributed by atoms with Crippen LogP contribution in [0.5, 0.6) is 0 Å². The van der Waals surface area contributed by atoms with Crippen LogP contribution in [0.25, 0.3) is 0 Å². The maximum absolute atomic E-state index is 12.5. The minimum Gasteiger partial charge on any atom is -0.322 e. The van der Waals surface area contributed by atoms with E-state index in [1.807, 2.05) is 4.90 Å². The summed E-state index contributed by atoms with van der Waals surface area (Å²) in [6.45, 7) is 7.68. The molecule has 5 heteroatoms. The van der Waals surface area contributed by atoms with Crippen LogP contribution in [-0.2, 0) is 6.54 Å². The molecule has 0 atom stereocenters. The van der Waals surface area contributed by atoms with Gasteiger partial charge < -0.3 is 10.2 Å². The van der Waals surface area contributed by atoms with E-state index in [0.29, 0.717) is 24.3 Å². The van der Waals surface area contributed by atoms with Gasteiger partial charge in [0.2, 0.25) is 0 Å². The first-order valence-corrected chi connectivity index (χ1v) is 8.97. The Bertz CT molecular complexity index is 795. The van der Waals surface area contributed by atoms with Gasteiger partial charge in [0.25, 0.3) is 0 Å². The number of aryl methyl sites for hydroxylation is 1. The molecular weight excluding hydrogens is 326 g/mol. The third-order valence-electron chi connectivity index (χ3n) is 4.84. The number of benzene rings is 2. The van der Waals surface area contributed by atoms with E-state index in [0.717, 1.165) is 19.6 Å². The molecule has 2 aromatic carbocycles. The standard InChI is InChI=1S/C21H25N3O2/c1-16-6-3-4-7-19(16)15-23-10-12-24(13-11-23)21(26)22-20-9-5-8-18(14-20)17(2)25/h3-9,14H,10-13,15H2,1-2H3,(H,22,26). The second-order valence-corrected chi connectivity index (χ2v) is 6.76. The summed E-state index contributed by atoms with van der Waals surface area (Å²) >= 11 is 0. The molecule has 0 bridgehead atoms. The summed E-state index contributed by atoms with van der Waals surface area (Å²) in [7, 11) is 0. The number of piperazine rings is 1. The molecule has 5 nitrogen and oxygen atoms in total. The normalized spacial score (nSPS) is 14.9. The summed E-state index contributed by atoms with van der Waals surface area (Å²) < 4.78 is 0. The third kappa shape index (κ3) is 4.49. The van der Waals surface area contributed by atoms with E-state index in [1.165, 1.54) is 18.1 Å². The smallest absolute Gasteiger partial charge is 0.321 e. The highest BCUT2D eigenvalue weighted by Gasteiger charge is 2.21. The molecule has 1 fully saturated rings. The van der Waals surface area contributed by atoms with Gasteiger partial charge in [0.15, 0.2) is 5.78 Å². The molecule has 0 aromatic heterocycles. The number of Topliss-reactive ketones (excluding diaryl/α,β-unsaturated/α-hetero) is 1. The van der Waals surface area contributed by atoms with E-state index in [2.05, 4.69) is 41.4 Å². The number of nitrogens with zero attached hydrogens (tertiary/aromatic N) is 2. The highest BCUT2D eigenvalue weighted by atomic mass is 16.2. The Kier molecular flexibility index (Phi) is 5.68. The lowest BCUT2D eigenvalue weighted by Gasteiger charge is -2.35. The van der Waals surface area contributed by atoms with Crippen molar-refractivity contribution in [3.63, 3.8) is 0 Å². The molecule has 1 N–H and O–H groups in total. The fourth-order valence-corrected chi connectivity index (χ4v) is 3.16. The van der Waals surface area contributed by atoms with Gasteiger partial charge in [0, 0.05) is 44.0 Å². The molecule has 0 spiro atoms. The summed E-state index contributed by atoms with van der Waals surface area (Å²) in [5.41, 5.74) is 3.90. The van der Waals surface area contributed by atoms with E-state index >= 15 is 0 Å².